The zero-order chi connectivity index (χ0) is 17.4. The molecule has 23 heavy (non-hydrogen) atoms. The van der Waals surface area contributed by atoms with Crippen molar-refractivity contribution in [2.45, 2.75) is 28.7 Å². The van der Waals surface area contributed by atoms with Gasteiger partial charge in [-0.05, 0) is 44.2 Å². The van der Waals surface area contributed by atoms with Crippen LogP contribution >= 0.6 is 46.4 Å². The van der Waals surface area contributed by atoms with E-state index in [2.05, 4.69) is 9.82 Å². The average Bonchev–Trinajstić information content (AvgIpc) is 2.74. The summed E-state index contributed by atoms with van der Waals surface area (Å²) in [5.74, 6) is 0. The van der Waals surface area contributed by atoms with Crippen molar-refractivity contribution in [3.05, 3.63) is 46.7 Å². The standard InChI is InChI=1S/C13H13Cl4N3O2S/c1-8-7-9(2)20(18-8)12(13(15,16)17)19-23(21,22)11-5-3-10(14)4-6-11/h3-7,12,19H,1-2H3. The van der Waals surface area contributed by atoms with Gasteiger partial charge in [-0.1, -0.05) is 46.4 Å². The zero-order valence-corrected chi connectivity index (χ0v) is 15.9. The number of alkyl halides is 3. The van der Waals surface area contributed by atoms with Crippen LogP contribution in [0.5, 0.6) is 0 Å². The molecule has 2 aromatic rings. The molecule has 0 amide bonds. The Bertz CT molecular complexity index is 798. The molecule has 2 rings (SSSR count). The maximum atomic E-state index is 12.5. The fourth-order valence-electron chi connectivity index (χ4n) is 1.99. The third kappa shape index (κ3) is 4.53. The number of rotatable bonds is 4. The Labute approximate surface area is 154 Å². The van der Waals surface area contributed by atoms with Crippen molar-refractivity contribution < 1.29 is 8.42 Å². The normalized spacial score (nSPS) is 14.0. The molecule has 1 atom stereocenters. The lowest BCUT2D eigenvalue weighted by molar-refractivity contribution is 0.419. The summed E-state index contributed by atoms with van der Waals surface area (Å²) < 4.78 is 26.8. The van der Waals surface area contributed by atoms with Crippen LogP contribution in [0, 0.1) is 13.8 Å². The monoisotopic (exact) mass is 415 g/mol. The van der Waals surface area contributed by atoms with Crippen molar-refractivity contribution in [3.8, 4) is 0 Å². The Morgan fingerprint density at radius 3 is 2.17 bits per heavy atom. The molecule has 1 N–H and O–H groups in total. The van der Waals surface area contributed by atoms with Gasteiger partial charge in [0.2, 0.25) is 13.8 Å². The van der Waals surface area contributed by atoms with Gasteiger partial charge in [-0.2, -0.15) is 9.82 Å². The number of benzene rings is 1. The second-order valence-corrected chi connectivity index (χ2v) is 9.41. The van der Waals surface area contributed by atoms with E-state index in [4.69, 9.17) is 46.4 Å². The predicted octanol–water partition coefficient (Wildman–Crippen LogP) is 4.00. The number of nitrogens with zero attached hydrogens (tertiary/aromatic N) is 2. The summed E-state index contributed by atoms with van der Waals surface area (Å²) in [6.07, 6.45) is -1.21. The number of sulfonamides is 1. The molecule has 0 radical (unpaired) electrons. The summed E-state index contributed by atoms with van der Waals surface area (Å²) in [7, 11) is -3.94. The van der Waals surface area contributed by atoms with E-state index in [0.29, 0.717) is 16.4 Å². The van der Waals surface area contributed by atoms with Crippen LogP contribution in [0.4, 0.5) is 0 Å². The maximum Gasteiger partial charge on any atom is 0.242 e. The third-order valence-electron chi connectivity index (χ3n) is 2.99. The number of aromatic nitrogens is 2. The minimum atomic E-state index is -3.94. The van der Waals surface area contributed by atoms with Crippen LogP contribution in [0.1, 0.15) is 17.6 Å². The summed E-state index contributed by atoms with van der Waals surface area (Å²) in [5.41, 5.74) is 1.32. The van der Waals surface area contributed by atoms with E-state index >= 15 is 0 Å². The third-order valence-corrected chi connectivity index (χ3v) is 5.29. The molecular weight excluding hydrogens is 404 g/mol. The van der Waals surface area contributed by atoms with Crippen LogP contribution in [-0.2, 0) is 10.0 Å². The maximum absolute atomic E-state index is 12.5. The van der Waals surface area contributed by atoms with Crippen molar-refractivity contribution in [2.24, 2.45) is 0 Å². The van der Waals surface area contributed by atoms with Crippen LogP contribution in [0.25, 0.3) is 0 Å². The molecule has 0 bridgehead atoms. The van der Waals surface area contributed by atoms with E-state index in [1.807, 2.05) is 0 Å². The van der Waals surface area contributed by atoms with Crippen LogP contribution < -0.4 is 4.72 Å². The van der Waals surface area contributed by atoms with Crippen LogP contribution in [-0.4, -0.2) is 22.0 Å². The Hall–Kier alpha value is -0.500. The van der Waals surface area contributed by atoms with E-state index < -0.39 is 20.0 Å². The van der Waals surface area contributed by atoms with E-state index in [1.165, 1.54) is 28.9 Å². The molecule has 0 saturated heterocycles. The smallest absolute Gasteiger partial charge is 0.242 e. The van der Waals surface area contributed by atoms with Crippen molar-refractivity contribution in [3.63, 3.8) is 0 Å². The van der Waals surface area contributed by atoms with Crippen molar-refractivity contribution in [2.75, 3.05) is 0 Å². The lowest BCUT2D eigenvalue weighted by Gasteiger charge is -2.26. The number of halogens is 4. The molecule has 0 spiro atoms. The highest BCUT2D eigenvalue weighted by Crippen LogP contribution is 2.38. The Kier molecular flexibility index (Phi) is 5.55. The lowest BCUT2D eigenvalue weighted by atomic mass is 10.4. The van der Waals surface area contributed by atoms with Crippen LogP contribution in [0.15, 0.2) is 35.2 Å². The minimum Gasteiger partial charge on any atom is -0.247 e. The summed E-state index contributed by atoms with van der Waals surface area (Å²) in [5, 5.41) is 4.60. The van der Waals surface area contributed by atoms with Gasteiger partial charge in [-0.25, -0.2) is 13.1 Å². The van der Waals surface area contributed by atoms with Gasteiger partial charge in [-0.15, -0.1) is 0 Å². The first kappa shape index (κ1) is 18.8. The first-order valence-corrected chi connectivity index (χ1v) is 9.37. The first-order valence-electron chi connectivity index (χ1n) is 6.38. The van der Waals surface area contributed by atoms with Crippen molar-refractivity contribution in [1.82, 2.24) is 14.5 Å². The van der Waals surface area contributed by atoms with Gasteiger partial charge < -0.3 is 0 Å². The molecule has 0 aliphatic carbocycles. The van der Waals surface area contributed by atoms with Gasteiger partial charge in [0.15, 0.2) is 6.17 Å². The minimum absolute atomic E-state index is 0.00248. The Balaban J connectivity index is 2.42. The molecule has 0 fully saturated rings. The summed E-state index contributed by atoms with van der Waals surface area (Å²) in [6.45, 7) is 3.49. The van der Waals surface area contributed by atoms with Gasteiger partial charge >= 0.3 is 0 Å². The highest BCUT2D eigenvalue weighted by atomic mass is 35.6. The van der Waals surface area contributed by atoms with Crippen LogP contribution in [0.3, 0.4) is 0 Å². The molecule has 1 unspecified atom stereocenters. The van der Waals surface area contributed by atoms with Gasteiger partial charge in [-0.3, -0.25) is 0 Å². The highest BCUT2D eigenvalue weighted by Gasteiger charge is 2.39. The van der Waals surface area contributed by atoms with E-state index in [-0.39, 0.29) is 4.90 Å². The topological polar surface area (TPSA) is 64.0 Å². The highest BCUT2D eigenvalue weighted by molar-refractivity contribution is 7.89. The molecule has 1 aromatic heterocycles. The number of hydrogen-bond donors (Lipinski definition) is 1. The average molecular weight is 417 g/mol. The van der Waals surface area contributed by atoms with Crippen molar-refractivity contribution >= 4 is 56.4 Å². The molecular formula is C13H13Cl4N3O2S. The van der Waals surface area contributed by atoms with Crippen LogP contribution in [0.2, 0.25) is 5.02 Å². The van der Waals surface area contributed by atoms with Crippen molar-refractivity contribution in [1.29, 1.82) is 0 Å². The molecule has 0 aliphatic rings. The Morgan fingerprint density at radius 2 is 1.74 bits per heavy atom. The SMILES string of the molecule is Cc1cc(C)n(C(NS(=O)(=O)c2ccc(Cl)cc2)C(Cl)(Cl)Cl)n1. The number of aryl methyl sites for hydroxylation is 2. The predicted molar refractivity (Wildman–Crippen MR) is 92.8 cm³/mol. The zero-order valence-electron chi connectivity index (χ0n) is 12.1. The molecule has 5 nitrogen and oxygen atoms in total. The van der Waals surface area contributed by atoms with Gasteiger partial charge in [0, 0.05) is 10.7 Å². The van der Waals surface area contributed by atoms with E-state index in [0.717, 1.165) is 0 Å². The largest absolute Gasteiger partial charge is 0.247 e. The van der Waals surface area contributed by atoms with Gasteiger partial charge in [0.05, 0.1) is 10.6 Å². The molecule has 126 valence electrons. The van der Waals surface area contributed by atoms with Gasteiger partial charge in [0.1, 0.15) is 0 Å². The Morgan fingerprint density at radius 1 is 1.17 bits per heavy atom. The first-order chi connectivity index (χ1) is 10.5. The second kappa shape index (κ2) is 6.78. The molecule has 10 heteroatoms. The lowest BCUT2D eigenvalue weighted by Crippen LogP contribution is -2.41. The summed E-state index contributed by atoms with van der Waals surface area (Å²) in [4.78, 5) is 0.00248. The van der Waals surface area contributed by atoms with Gasteiger partial charge in [0.25, 0.3) is 0 Å². The molecule has 0 saturated carbocycles. The summed E-state index contributed by atoms with van der Waals surface area (Å²) >= 11 is 23.6. The number of nitrogens with one attached hydrogen (secondary N) is 1. The number of hydrogen-bond acceptors (Lipinski definition) is 3. The molecule has 1 heterocycles. The fraction of sp³-hybridized carbons (Fsp3) is 0.308. The molecule has 1 aromatic carbocycles. The second-order valence-electron chi connectivity index (χ2n) is 4.89. The summed E-state index contributed by atoms with van der Waals surface area (Å²) in [6, 6.07) is 7.40. The van der Waals surface area contributed by atoms with E-state index in [9.17, 15) is 8.42 Å². The quantitative estimate of drug-likeness (QED) is 0.766. The van der Waals surface area contributed by atoms with E-state index in [1.54, 1.807) is 19.9 Å². The fourth-order valence-corrected chi connectivity index (χ4v) is 3.95. The molecule has 0 aliphatic heterocycles.